The molecule has 5 nitrogen and oxygen atoms in total. The molecule has 0 fully saturated rings. The van der Waals surface area contributed by atoms with Crippen LogP contribution in [-0.2, 0) is 0 Å². The van der Waals surface area contributed by atoms with Crippen molar-refractivity contribution in [1.82, 2.24) is 4.98 Å². The van der Waals surface area contributed by atoms with Gasteiger partial charge in [-0.3, -0.25) is 4.79 Å². The Kier molecular flexibility index (Phi) is 4.77. The van der Waals surface area contributed by atoms with Crippen molar-refractivity contribution in [1.29, 1.82) is 0 Å². The van der Waals surface area contributed by atoms with Crippen molar-refractivity contribution < 1.29 is 4.79 Å². The van der Waals surface area contributed by atoms with Crippen LogP contribution in [0, 0.1) is 0 Å². The quantitative estimate of drug-likeness (QED) is 0.886. The predicted octanol–water partition coefficient (Wildman–Crippen LogP) is 2.83. The fourth-order valence-electron chi connectivity index (χ4n) is 1.90. The highest BCUT2D eigenvalue weighted by atomic mass is 16.1. The van der Waals surface area contributed by atoms with Gasteiger partial charge in [-0.1, -0.05) is 12.1 Å². The van der Waals surface area contributed by atoms with Crippen LogP contribution in [0.2, 0.25) is 0 Å². The number of nitrogens with zero attached hydrogens (tertiary/aromatic N) is 2. The van der Waals surface area contributed by atoms with E-state index in [0.29, 0.717) is 11.5 Å². The molecule has 0 aliphatic rings. The lowest BCUT2D eigenvalue weighted by Gasteiger charge is -2.14. The minimum absolute atomic E-state index is 0.217. The molecule has 110 valence electrons. The van der Waals surface area contributed by atoms with Crippen LogP contribution in [0.15, 0.2) is 42.5 Å². The Hall–Kier alpha value is -2.56. The first kappa shape index (κ1) is 14.8. The monoisotopic (exact) mass is 284 g/mol. The van der Waals surface area contributed by atoms with Gasteiger partial charge in [0.25, 0.3) is 5.91 Å². The van der Waals surface area contributed by atoms with Crippen LogP contribution >= 0.6 is 0 Å². The minimum atomic E-state index is -0.217. The first-order valence-corrected chi connectivity index (χ1v) is 6.90. The number of pyridine rings is 1. The van der Waals surface area contributed by atoms with Crippen molar-refractivity contribution in [2.24, 2.45) is 0 Å². The average Bonchev–Trinajstić information content (AvgIpc) is 2.48. The summed E-state index contributed by atoms with van der Waals surface area (Å²) >= 11 is 0. The topological polar surface area (TPSA) is 57.3 Å². The Morgan fingerprint density at radius 2 is 1.95 bits per heavy atom. The number of carbonyl (C=O) groups is 1. The van der Waals surface area contributed by atoms with Gasteiger partial charge in [-0.05, 0) is 37.3 Å². The third-order valence-corrected chi connectivity index (χ3v) is 2.96. The Bertz CT molecular complexity index is 625. The van der Waals surface area contributed by atoms with Crippen LogP contribution in [0.5, 0.6) is 0 Å². The summed E-state index contributed by atoms with van der Waals surface area (Å²) < 4.78 is 0. The molecule has 0 unspecified atom stereocenters. The second kappa shape index (κ2) is 6.74. The highest BCUT2D eigenvalue weighted by Gasteiger charge is 2.09. The van der Waals surface area contributed by atoms with Gasteiger partial charge in [0.1, 0.15) is 11.5 Å². The molecule has 1 aromatic carbocycles. The molecule has 5 heteroatoms. The number of anilines is 3. The standard InChI is InChI=1S/C16H20N4O/c1-4-17-15-10-6-9-14(19-15)16(21)18-12-7-5-8-13(11-12)20(2)3/h5-11H,4H2,1-3H3,(H,17,19)(H,18,21). The van der Waals surface area contributed by atoms with Gasteiger partial charge in [0.2, 0.25) is 0 Å². The maximum absolute atomic E-state index is 12.2. The Morgan fingerprint density at radius 3 is 2.67 bits per heavy atom. The largest absolute Gasteiger partial charge is 0.378 e. The fourth-order valence-corrected chi connectivity index (χ4v) is 1.90. The number of nitrogens with one attached hydrogen (secondary N) is 2. The molecule has 0 aliphatic heterocycles. The molecule has 21 heavy (non-hydrogen) atoms. The smallest absolute Gasteiger partial charge is 0.274 e. The SMILES string of the molecule is CCNc1cccc(C(=O)Nc2cccc(N(C)C)c2)n1. The predicted molar refractivity (Wildman–Crippen MR) is 87.1 cm³/mol. The van der Waals surface area contributed by atoms with Gasteiger partial charge in [0.15, 0.2) is 0 Å². The molecule has 1 heterocycles. The molecule has 2 rings (SSSR count). The molecule has 1 aromatic heterocycles. The van der Waals surface area contributed by atoms with E-state index in [-0.39, 0.29) is 5.91 Å². The molecular formula is C16H20N4O. The summed E-state index contributed by atoms with van der Waals surface area (Å²) in [5, 5.41) is 5.96. The van der Waals surface area contributed by atoms with E-state index in [2.05, 4.69) is 15.6 Å². The Morgan fingerprint density at radius 1 is 1.19 bits per heavy atom. The van der Waals surface area contributed by atoms with Crippen molar-refractivity contribution in [2.75, 3.05) is 36.2 Å². The summed E-state index contributed by atoms with van der Waals surface area (Å²) in [6.45, 7) is 2.75. The van der Waals surface area contributed by atoms with Gasteiger partial charge >= 0.3 is 0 Å². The van der Waals surface area contributed by atoms with Crippen LogP contribution in [0.1, 0.15) is 17.4 Å². The van der Waals surface area contributed by atoms with E-state index in [1.807, 2.05) is 62.3 Å². The first-order chi connectivity index (χ1) is 10.1. The van der Waals surface area contributed by atoms with E-state index in [9.17, 15) is 4.79 Å². The van der Waals surface area contributed by atoms with Gasteiger partial charge in [-0.2, -0.15) is 0 Å². The number of hydrogen-bond donors (Lipinski definition) is 2. The third kappa shape index (κ3) is 3.95. The summed E-state index contributed by atoms with van der Waals surface area (Å²) in [6.07, 6.45) is 0. The zero-order valence-corrected chi connectivity index (χ0v) is 12.6. The third-order valence-electron chi connectivity index (χ3n) is 2.96. The van der Waals surface area contributed by atoms with Crippen LogP contribution in [0.4, 0.5) is 17.2 Å². The Balaban J connectivity index is 2.14. The van der Waals surface area contributed by atoms with Crippen molar-refractivity contribution in [3.05, 3.63) is 48.2 Å². The van der Waals surface area contributed by atoms with Crippen molar-refractivity contribution in [3.8, 4) is 0 Å². The molecule has 0 spiro atoms. The molecule has 2 aromatic rings. The molecule has 1 amide bonds. The minimum Gasteiger partial charge on any atom is -0.378 e. The van der Waals surface area contributed by atoms with Crippen LogP contribution in [0.25, 0.3) is 0 Å². The molecule has 0 atom stereocenters. The van der Waals surface area contributed by atoms with Crippen molar-refractivity contribution in [3.63, 3.8) is 0 Å². The summed E-state index contributed by atoms with van der Waals surface area (Å²) in [5.41, 5.74) is 2.17. The first-order valence-electron chi connectivity index (χ1n) is 6.90. The molecule has 0 radical (unpaired) electrons. The zero-order valence-electron chi connectivity index (χ0n) is 12.6. The molecule has 0 bridgehead atoms. The lowest BCUT2D eigenvalue weighted by Crippen LogP contribution is -2.15. The highest BCUT2D eigenvalue weighted by molar-refractivity contribution is 6.03. The van der Waals surface area contributed by atoms with Crippen LogP contribution < -0.4 is 15.5 Å². The summed E-state index contributed by atoms with van der Waals surface area (Å²) in [6, 6.07) is 13.0. The molecule has 0 aliphatic carbocycles. The number of rotatable bonds is 5. The highest BCUT2D eigenvalue weighted by Crippen LogP contribution is 2.18. The average molecular weight is 284 g/mol. The lowest BCUT2D eigenvalue weighted by atomic mass is 10.2. The van der Waals surface area contributed by atoms with Crippen molar-refractivity contribution in [2.45, 2.75) is 6.92 Å². The number of hydrogen-bond acceptors (Lipinski definition) is 4. The van der Waals surface area contributed by atoms with E-state index < -0.39 is 0 Å². The van der Waals surface area contributed by atoms with E-state index in [4.69, 9.17) is 0 Å². The molecule has 0 saturated heterocycles. The summed E-state index contributed by atoms with van der Waals surface area (Å²) in [4.78, 5) is 18.5. The molecular weight excluding hydrogens is 264 g/mol. The normalized spacial score (nSPS) is 10.0. The second-order valence-corrected chi connectivity index (χ2v) is 4.84. The molecule has 0 saturated carbocycles. The van der Waals surface area contributed by atoms with Gasteiger partial charge in [0.05, 0.1) is 0 Å². The van der Waals surface area contributed by atoms with E-state index in [1.54, 1.807) is 6.07 Å². The maximum atomic E-state index is 12.2. The Labute approximate surface area is 125 Å². The van der Waals surface area contributed by atoms with E-state index in [1.165, 1.54) is 0 Å². The maximum Gasteiger partial charge on any atom is 0.274 e. The number of carbonyl (C=O) groups excluding carboxylic acids is 1. The van der Waals surface area contributed by atoms with Crippen LogP contribution in [-0.4, -0.2) is 31.5 Å². The van der Waals surface area contributed by atoms with E-state index in [0.717, 1.165) is 17.9 Å². The summed E-state index contributed by atoms with van der Waals surface area (Å²) in [5.74, 6) is 0.484. The number of amides is 1. The fraction of sp³-hybridized carbons (Fsp3) is 0.250. The van der Waals surface area contributed by atoms with Gasteiger partial charge in [0, 0.05) is 32.0 Å². The van der Waals surface area contributed by atoms with Gasteiger partial charge < -0.3 is 15.5 Å². The van der Waals surface area contributed by atoms with Crippen LogP contribution in [0.3, 0.4) is 0 Å². The summed E-state index contributed by atoms with van der Waals surface area (Å²) in [7, 11) is 3.92. The molecule has 2 N–H and O–H groups in total. The zero-order chi connectivity index (χ0) is 15.2. The number of aromatic nitrogens is 1. The second-order valence-electron chi connectivity index (χ2n) is 4.84. The van der Waals surface area contributed by atoms with Crippen molar-refractivity contribution >= 4 is 23.1 Å². The lowest BCUT2D eigenvalue weighted by molar-refractivity contribution is 0.102. The van der Waals surface area contributed by atoms with E-state index >= 15 is 0 Å². The van der Waals surface area contributed by atoms with Gasteiger partial charge in [-0.25, -0.2) is 4.98 Å². The number of benzene rings is 1. The van der Waals surface area contributed by atoms with Gasteiger partial charge in [-0.15, -0.1) is 0 Å².